The highest BCUT2D eigenvalue weighted by molar-refractivity contribution is 6.34. The van der Waals surface area contributed by atoms with E-state index in [9.17, 15) is 0 Å². The summed E-state index contributed by atoms with van der Waals surface area (Å²) in [5.41, 5.74) is 11.2. The summed E-state index contributed by atoms with van der Waals surface area (Å²) >= 11 is 0. The Balaban J connectivity index is 1.08. The molecule has 0 spiro atoms. The summed E-state index contributed by atoms with van der Waals surface area (Å²) < 4.78 is 13.1. The van der Waals surface area contributed by atoms with E-state index in [1.54, 1.807) is 0 Å². The van der Waals surface area contributed by atoms with Gasteiger partial charge in [-0.1, -0.05) is 140 Å². The minimum atomic E-state index is 0.858. The summed E-state index contributed by atoms with van der Waals surface area (Å²) in [6.45, 7) is 0. The van der Waals surface area contributed by atoms with E-state index < -0.39 is 0 Å². The first-order chi connectivity index (χ1) is 28.3. The van der Waals surface area contributed by atoms with Gasteiger partial charge in [0.1, 0.15) is 16.7 Å². The number of hydrogen-bond acceptors (Lipinski definition) is 3. The third kappa shape index (κ3) is 4.92. The zero-order chi connectivity index (χ0) is 37.5. The molecule has 0 aliphatic rings. The molecule has 0 aliphatic carbocycles. The number of fused-ring (bicyclic) bond motifs is 13. The van der Waals surface area contributed by atoms with Crippen molar-refractivity contribution in [3.8, 4) is 22.3 Å². The lowest BCUT2D eigenvalue weighted by Gasteiger charge is -2.26. The van der Waals surface area contributed by atoms with Crippen molar-refractivity contribution in [2.45, 2.75) is 0 Å². The summed E-state index contributed by atoms with van der Waals surface area (Å²) in [7, 11) is 0. The Morgan fingerprint density at radius 3 is 1.61 bits per heavy atom. The Morgan fingerprint density at radius 2 is 0.825 bits per heavy atom. The quantitative estimate of drug-likeness (QED) is 0.165. The Morgan fingerprint density at radius 1 is 0.281 bits per heavy atom. The standard InChI is InChI=1S/C54H33NO2/c1-2-13-34(14-3-1)35-15-10-17-38(31-35)55(48-24-12-23-45-42-20-6-8-25-49(42)57-54(45)48)39-18-11-16-36(32-39)37-27-28-41-40-19-4-5-21-43(40)52-44(47(41)33-37)29-30-51-53(52)46-22-7-9-26-50(46)56-51/h1-33H. The SMILES string of the molecule is c1ccc(-c2cccc(N(c3cccc(-c4ccc5c6ccccc6c6c(ccc7oc8ccccc8c76)c5c4)c3)c3cccc4c3oc3ccccc34)c2)cc1. The lowest BCUT2D eigenvalue weighted by atomic mass is 9.90. The number of furan rings is 2. The molecule has 266 valence electrons. The van der Waals surface area contributed by atoms with E-state index in [-0.39, 0.29) is 0 Å². The van der Waals surface area contributed by atoms with Crippen LogP contribution in [0, 0.1) is 0 Å². The average Bonchev–Trinajstić information content (AvgIpc) is 3.86. The van der Waals surface area contributed by atoms with Gasteiger partial charge in [-0.15, -0.1) is 0 Å². The highest BCUT2D eigenvalue weighted by atomic mass is 16.3. The normalized spacial score (nSPS) is 11.9. The van der Waals surface area contributed by atoms with E-state index in [0.717, 1.165) is 72.2 Å². The molecule has 0 saturated heterocycles. The summed E-state index contributed by atoms with van der Waals surface area (Å²) in [4.78, 5) is 2.34. The second-order valence-corrected chi connectivity index (χ2v) is 14.8. The number of anilines is 3. The van der Waals surface area contributed by atoms with Gasteiger partial charge in [0, 0.05) is 38.3 Å². The van der Waals surface area contributed by atoms with Crippen molar-refractivity contribution in [3.05, 3.63) is 200 Å². The fourth-order valence-electron chi connectivity index (χ4n) is 9.05. The fraction of sp³-hybridized carbons (Fsp3) is 0. The highest BCUT2D eigenvalue weighted by Crippen LogP contribution is 2.46. The maximum atomic E-state index is 6.66. The third-order valence-corrected chi connectivity index (χ3v) is 11.6. The molecule has 12 rings (SSSR count). The van der Waals surface area contributed by atoms with E-state index in [4.69, 9.17) is 8.83 Å². The highest BCUT2D eigenvalue weighted by Gasteiger charge is 2.21. The van der Waals surface area contributed by atoms with Gasteiger partial charge in [-0.2, -0.15) is 0 Å². The van der Waals surface area contributed by atoms with E-state index in [0.29, 0.717) is 0 Å². The van der Waals surface area contributed by atoms with Gasteiger partial charge in [0.05, 0.1) is 5.69 Å². The molecule has 0 saturated carbocycles. The smallest absolute Gasteiger partial charge is 0.159 e. The Bertz CT molecular complexity index is 3540. The van der Waals surface area contributed by atoms with Gasteiger partial charge < -0.3 is 13.7 Å². The van der Waals surface area contributed by atoms with Gasteiger partial charge in [-0.25, -0.2) is 0 Å². The monoisotopic (exact) mass is 727 g/mol. The van der Waals surface area contributed by atoms with Gasteiger partial charge in [0.15, 0.2) is 5.58 Å². The lowest BCUT2D eigenvalue weighted by Crippen LogP contribution is -2.10. The van der Waals surface area contributed by atoms with Crippen LogP contribution in [-0.2, 0) is 0 Å². The maximum Gasteiger partial charge on any atom is 0.159 e. The van der Waals surface area contributed by atoms with E-state index in [1.165, 1.54) is 43.3 Å². The van der Waals surface area contributed by atoms with Crippen molar-refractivity contribution in [1.29, 1.82) is 0 Å². The summed E-state index contributed by atoms with van der Waals surface area (Å²) in [6, 6.07) is 71.5. The van der Waals surface area contributed by atoms with Crippen LogP contribution in [0.1, 0.15) is 0 Å². The molecule has 0 fully saturated rings. The molecular formula is C54H33NO2. The van der Waals surface area contributed by atoms with Crippen molar-refractivity contribution >= 4 is 93.3 Å². The summed E-state index contributed by atoms with van der Waals surface area (Å²) in [5, 5.41) is 11.9. The number of para-hydroxylation sites is 3. The third-order valence-electron chi connectivity index (χ3n) is 11.6. The minimum Gasteiger partial charge on any atom is -0.456 e. The molecule has 3 nitrogen and oxygen atoms in total. The van der Waals surface area contributed by atoms with Gasteiger partial charge in [-0.05, 0) is 110 Å². The Hall–Kier alpha value is -7.62. The molecule has 2 heterocycles. The van der Waals surface area contributed by atoms with Crippen LogP contribution in [0.15, 0.2) is 209 Å². The van der Waals surface area contributed by atoms with Gasteiger partial charge in [0.2, 0.25) is 0 Å². The molecule has 3 heteroatoms. The van der Waals surface area contributed by atoms with Crippen LogP contribution in [0.5, 0.6) is 0 Å². The van der Waals surface area contributed by atoms with Crippen LogP contribution in [0.3, 0.4) is 0 Å². The first-order valence-corrected chi connectivity index (χ1v) is 19.4. The topological polar surface area (TPSA) is 29.5 Å². The number of nitrogens with zero attached hydrogens (tertiary/aromatic N) is 1. The van der Waals surface area contributed by atoms with E-state index in [1.807, 2.05) is 18.2 Å². The maximum absolute atomic E-state index is 6.66. The van der Waals surface area contributed by atoms with Crippen molar-refractivity contribution in [2.24, 2.45) is 0 Å². The molecule has 0 unspecified atom stereocenters. The molecule has 12 aromatic rings. The first kappa shape index (κ1) is 31.7. The Kier molecular flexibility index (Phi) is 6.93. The van der Waals surface area contributed by atoms with Crippen molar-refractivity contribution in [1.82, 2.24) is 0 Å². The van der Waals surface area contributed by atoms with Gasteiger partial charge in [-0.3, -0.25) is 0 Å². The second-order valence-electron chi connectivity index (χ2n) is 14.8. The van der Waals surface area contributed by atoms with Crippen LogP contribution in [0.4, 0.5) is 17.1 Å². The Labute approximate surface area is 328 Å². The number of hydrogen-bond donors (Lipinski definition) is 0. The molecule has 0 atom stereocenters. The molecule has 0 aliphatic heterocycles. The zero-order valence-corrected chi connectivity index (χ0v) is 30.8. The van der Waals surface area contributed by atoms with Crippen LogP contribution in [0.25, 0.3) is 98.4 Å². The second kappa shape index (κ2) is 12.5. The van der Waals surface area contributed by atoms with Crippen LogP contribution >= 0.6 is 0 Å². The largest absolute Gasteiger partial charge is 0.456 e. The summed E-state index contributed by atoms with van der Waals surface area (Å²) in [5.74, 6) is 0. The molecule has 0 amide bonds. The molecule has 0 N–H and O–H groups in total. The molecular weight excluding hydrogens is 695 g/mol. The van der Waals surface area contributed by atoms with Crippen molar-refractivity contribution in [2.75, 3.05) is 4.90 Å². The molecule has 0 radical (unpaired) electrons. The van der Waals surface area contributed by atoms with Gasteiger partial charge >= 0.3 is 0 Å². The lowest BCUT2D eigenvalue weighted by molar-refractivity contribution is 0.669. The van der Waals surface area contributed by atoms with Crippen molar-refractivity contribution < 1.29 is 8.83 Å². The fourth-order valence-corrected chi connectivity index (χ4v) is 9.05. The van der Waals surface area contributed by atoms with Crippen LogP contribution in [0.2, 0.25) is 0 Å². The summed E-state index contributed by atoms with van der Waals surface area (Å²) in [6.07, 6.45) is 0. The minimum absolute atomic E-state index is 0.858. The van der Waals surface area contributed by atoms with Crippen molar-refractivity contribution in [3.63, 3.8) is 0 Å². The zero-order valence-electron chi connectivity index (χ0n) is 30.8. The predicted octanol–water partition coefficient (Wildman–Crippen LogP) is 15.7. The number of rotatable bonds is 5. The van der Waals surface area contributed by atoms with E-state index in [2.05, 4.69) is 187 Å². The number of benzene rings is 10. The van der Waals surface area contributed by atoms with Crippen LogP contribution < -0.4 is 4.90 Å². The molecule has 2 aromatic heterocycles. The average molecular weight is 728 g/mol. The van der Waals surface area contributed by atoms with E-state index >= 15 is 0 Å². The molecule has 10 aromatic carbocycles. The van der Waals surface area contributed by atoms with Gasteiger partial charge in [0.25, 0.3) is 0 Å². The molecule has 0 bridgehead atoms. The van der Waals surface area contributed by atoms with Crippen LogP contribution in [-0.4, -0.2) is 0 Å². The molecule has 57 heavy (non-hydrogen) atoms. The predicted molar refractivity (Wildman–Crippen MR) is 239 cm³/mol. The first-order valence-electron chi connectivity index (χ1n) is 19.4.